The number of nitrogens with zero attached hydrogens (tertiary/aromatic N) is 1. The van der Waals surface area contributed by atoms with Gasteiger partial charge in [-0.25, -0.2) is 0 Å². The minimum absolute atomic E-state index is 0.0709. The molecule has 3 N–H and O–H groups in total. The number of rotatable bonds is 6. The molecule has 0 aromatic carbocycles. The maximum absolute atomic E-state index is 12.0. The van der Waals surface area contributed by atoms with E-state index in [1.54, 1.807) is 4.90 Å². The third-order valence-electron chi connectivity index (χ3n) is 2.40. The van der Waals surface area contributed by atoms with Crippen molar-refractivity contribution in [2.45, 2.75) is 19.4 Å². The van der Waals surface area contributed by atoms with Crippen LogP contribution >= 0.6 is 11.3 Å². The molecule has 0 saturated heterocycles. The summed E-state index contributed by atoms with van der Waals surface area (Å²) in [7, 11) is 0. The molecule has 0 fully saturated rings. The molecule has 1 aromatic rings. The summed E-state index contributed by atoms with van der Waals surface area (Å²) >= 11 is 1.49. The molecule has 1 amide bonds. The van der Waals surface area contributed by atoms with E-state index in [1.165, 1.54) is 11.3 Å². The topological polar surface area (TPSA) is 66.6 Å². The molecule has 0 bridgehead atoms. The van der Waals surface area contributed by atoms with Crippen molar-refractivity contribution in [3.05, 3.63) is 22.4 Å². The monoisotopic (exact) mass is 242 g/mol. The maximum atomic E-state index is 12.0. The van der Waals surface area contributed by atoms with Crippen molar-refractivity contribution < 1.29 is 9.90 Å². The summed E-state index contributed by atoms with van der Waals surface area (Å²) < 4.78 is 0. The van der Waals surface area contributed by atoms with Crippen LogP contribution < -0.4 is 5.73 Å². The Labute approximate surface area is 99.7 Å². The van der Waals surface area contributed by atoms with Crippen LogP contribution in [0.25, 0.3) is 0 Å². The van der Waals surface area contributed by atoms with E-state index in [1.807, 2.05) is 24.4 Å². The smallest absolute Gasteiger partial charge is 0.244 e. The fourth-order valence-corrected chi connectivity index (χ4v) is 2.19. The first kappa shape index (κ1) is 13.2. The van der Waals surface area contributed by atoms with Crippen LogP contribution in [0.4, 0.5) is 0 Å². The number of aliphatic hydroxyl groups is 1. The summed E-state index contributed by atoms with van der Waals surface area (Å²) in [6.07, 6.45) is 0.594. The van der Waals surface area contributed by atoms with E-state index in [-0.39, 0.29) is 12.5 Å². The lowest BCUT2D eigenvalue weighted by molar-refractivity contribution is -0.132. The Morgan fingerprint density at radius 1 is 1.69 bits per heavy atom. The summed E-state index contributed by atoms with van der Waals surface area (Å²) in [5, 5.41) is 10.7. The van der Waals surface area contributed by atoms with Crippen molar-refractivity contribution in [2.24, 2.45) is 5.73 Å². The van der Waals surface area contributed by atoms with Gasteiger partial charge in [0.1, 0.15) is 6.04 Å². The number of carbonyl (C=O) groups is 1. The Morgan fingerprint density at radius 3 is 2.94 bits per heavy atom. The van der Waals surface area contributed by atoms with E-state index >= 15 is 0 Å². The Morgan fingerprint density at radius 2 is 2.44 bits per heavy atom. The van der Waals surface area contributed by atoms with Gasteiger partial charge in [0, 0.05) is 24.6 Å². The molecule has 4 nitrogen and oxygen atoms in total. The van der Waals surface area contributed by atoms with E-state index in [0.717, 1.165) is 4.88 Å². The van der Waals surface area contributed by atoms with Gasteiger partial charge in [-0.3, -0.25) is 4.79 Å². The second-order valence-electron chi connectivity index (χ2n) is 3.49. The average molecular weight is 242 g/mol. The molecule has 0 aliphatic carbocycles. The van der Waals surface area contributed by atoms with E-state index in [0.29, 0.717) is 19.5 Å². The molecule has 5 heteroatoms. The molecular formula is C11H18N2O2S. The van der Waals surface area contributed by atoms with Crippen LogP contribution in [0.2, 0.25) is 0 Å². The molecule has 0 aliphatic rings. The van der Waals surface area contributed by atoms with Crippen LogP contribution in [0.1, 0.15) is 24.3 Å². The number of carbonyl (C=O) groups excluding carboxylic acids is 1. The maximum Gasteiger partial charge on any atom is 0.244 e. The normalized spacial score (nSPS) is 12.4. The SMILES string of the molecule is CCN(CCCO)C(=O)C(N)c1cccs1. The number of likely N-dealkylation sites (N-methyl/N-ethyl adjacent to an activating group) is 1. The first-order valence-electron chi connectivity index (χ1n) is 5.39. The van der Waals surface area contributed by atoms with Crippen molar-refractivity contribution in [1.29, 1.82) is 0 Å². The predicted octanol–water partition coefficient (Wildman–Crippen LogP) is 0.979. The minimum atomic E-state index is -0.571. The largest absolute Gasteiger partial charge is 0.396 e. The summed E-state index contributed by atoms with van der Waals surface area (Å²) in [5.74, 6) is -0.0709. The van der Waals surface area contributed by atoms with Crippen molar-refractivity contribution in [3.8, 4) is 0 Å². The van der Waals surface area contributed by atoms with Crippen molar-refractivity contribution in [2.75, 3.05) is 19.7 Å². The lowest BCUT2D eigenvalue weighted by Gasteiger charge is -2.23. The molecule has 1 rings (SSSR count). The lowest BCUT2D eigenvalue weighted by Crippen LogP contribution is -2.39. The third-order valence-corrected chi connectivity index (χ3v) is 3.35. The Kier molecular flexibility index (Phi) is 5.45. The second-order valence-corrected chi connectivity index (χ2v) is 4.47. The number of amides is 1. The van der Waals surface area contributed by atoms with Crippen LogP contribution in [-0.4, -0.2) is 35.6 Å². The van der Waals surface area contributed by atoms with Crippen LogP contribution in [0, 0.1) is 0 Å². The molecule has 16 heavy (non-hydrogen) atoms. The molecule has 0 saturated carbocycles. The highest BCUT2D eigenvalue weighted by Crippen LogP contribution is 2.18. The van der Waals surface area contributed by atoms with Gasteiger partial charge in [0.2, 0.25) is 5.91 Å². The van der Waals surface area contributed by atoms with Crippen LogP contribution in [0.5, 0.6) is 0 Å². The van der Waals surface area contributed by atoms with Crippen LogP contribution in [-0.2, 0) is 4.79 Å². The number of nitrogens with two attached hydrogens (primary N) is 1. The zero-order valence-corrected chi connectivity index (χ0v) is 10.2. The van der Waals surface area contributed by atoms with Gasteiger partial charge in [0.05, 0.1) is 0 Å². The molecule has 1 heterocycles. The summed E-state index contributed by atoms with van der Waals surface area (Å²) in [6.45, 7) is 3.19. The van der Waals surface area contributed by atoms with Crippen molar-refractivity contribution >= 4 is 17.2 Å². The van der Waals surface area contributed by atoms with Gasteiger partial charge < -0.3 is 15.7 Å². The first-order valence-corrected chi connectivity index (χ1v) is 6.27. The fraction of sp³-hybridized carbons (Fsp3) is 0.545. The van der Waals surface area contributed by atoms with Gasteiger partial charge in [-0.2, -0.15) is 0 Å². The average Bonchev–Trinajstić information content (AvgIpc) is 2.82. The second kappa shape index (κ2) is 6.62. The molecule has 90 valence electrons. The number of hydrogen-bond acceptors (Lipinski definition) is 4. The molecular weight excluding hydrogens is 224 g/mol. The molecule has 0 radical (unpaired) electrons. The van der Waals surface area contributed by atoms with Gasteiger partial charge in [-0.1, -0.05) is 6.07 Å². The number of aliphatic hydroxyl groups excluding tert-OH is 1. The van der Waals surface area contributed by atoms with E-state index < -0.39 is 6.04 Å². The van der Waals surface area contributed by atoms with Gasteiger partial charge in [0.15, 0.2) is 0 Å². The molecule has 0 aliphatic heterocycles. The van der Waals surface area contributed by atoms with E-state index in [9.17, 15) is 4.79 Å². The summed E-state index contributed by atoms with van der Waals surface area (Å²) in [4.78, 5) is 14.6. The Hall–Kier alpha value is -0.910. The third kappa shape index (κ3) is 3.30. The Bertz CT molecular complexity index is 314. The zero-order valence-electron chi connectivity index (χ0n) is 9.43. The molecule has 1 aromatic heterocycles. The molecule has 1 atom stereocenters. The number of thiophene rings is 1. The number of hydrogen-bond donors (Lipinski definition) is 2. The lowest BCUT2D eigenvalue weighted by atomic mass is 10.2. The van der Waals surface area contributed by atoms with Gasteiger partial charge in [0.25, 0.3) is 0 Å². The highest BCUT2D eigenvalue weighted by molar-refractivity contribution is 7.10. The van der Waals surface area contributed by atoms with Crippen molar-refractivity contribution in [3.63, 3.8) is 0 Å². The standard InChI is InChI=1S/C11H18N2O2S/c1-2-13(6-4-7-14)11(15)10(12)9-5-3-8-16-9/h3,5,8,10,14H,2,4,6-7,12H2,1H3. The zero-order chi connectivity index (χ0) is 12.0. The summed E-state index contributed by atoms with van der Waals surface area (Å²) in [6, 6.07) is 3.18. The van der Waals surface area contributed by atoms with Crippen molar-refractivity contribution in [1.82, 2.24) is 4.90 Å². The van der Waals surface area contributed by atoms with Crippen LogP contribution in [0.3, 0.4) is 0 Å². The van der Waals surface area contributed by atoms with Crippen LogP contribution in [0.15, 0.2) is 17.5 Å². The molecule has 0 spiro atoms. The highest BCUT2D eigenvalue weighted by Gasteiger charge is 2.21. The summed E-state index contributed by atoms with van der Waals surface area (Å²) in [5.41, 5.74) is 5.89. The van der Waals surface area contributed by atoms with E-state index in [4.69, 9.17) is 10.8 Å². The van der Waals surface area contributed by atoms with E-state index in [2.05, 4.69) is 0 Å². The van der Waals surface area contributed by atoms with Gasteiger partial charge in [-0.15, -0.1) is 11.3 Å². The van der Waals surface area contributed by atoms with Gasteiger partial charge >= 0.3 is 0 Å². The molecule has 1 unspecified atom stereocenters. The van der Waals surface area contributed by atoms with Gasteiger partial charge in [-0.05, 0) is 24.8 Å². The predicted molar refractivity (Wildman–Crippen MR) is 65.2 cm³/mol. The quantitative estimate of drug-likeness (QED) is 0.781. The fourth-order valence-electron chi connectivity index (χ4n) is 1.47. The first-order chi connectivity index (χ1) is 7.70. The highest BCUT2D eigenvalue weighted by atomic mass is 32.1. The minimum Gasteiger partial charge on any atom is -0.396 e. The Balaban J connectivity index is 2.60.